The minimum absolute atomic E-state index is 0.157. The van der Waals surface area contributed by atoms with Gasteiger partial charge in [0.25, 0.3) is 5.91 Å². The number of benzene rings is 3. The van der Waals surface area contributed by atoms with Crippen molar-refractivity contribution in [2.75, 3.05) is 26.4 Å². The first-order chi connectivity index (χ1) is 23.6. The van der Waals surface area contributed by atoms with E-state index in [4.69, 9.17) is 23.4 Å². The van der Waals surface area contributed by atoms with Crippen LogP contribution in [0.25, 0.3) is 21.9 Å². The number of carbonyl (C=O) groups is 3. The molecular weight excluding hydrogens is 624 g/mol. The third kappa shape index (κ3) is 12.6. The standard InChI is InChI=1S/C39H50N2O8/c1-5-45-34(42)27-47-36(38(44)49-39(2,3)4)35(46-25-15-7-9-21-33-41-31-19-12-13-20-32(31)48-33)37(43)40-24-14-6-8-16-28-22-23-29-17-10-11-18-30(29)26-28/h10-13,17-20,22-23,26,35-36H,5-9,14-16,21,24-25,27H2,1-4H3,(H,40,43)/t35-,36-/m1/s1. The molecule has 0 aliphatic heterocycles. The van der Waals surface area contributed by atoms with Crippen LogP contribution in [0, 0.1) is 0 Å². The van der Waals surface area contributed by atoms with Gasteiger partial charge in [-0.15, -0.1) is 0 Å². The van der Waals surface area contributed by atoms with Gasteiger partial charge in [0, 0.05) is 19.6 Å². The second-order valence-electron chi connectivity index (χ2n) is 13.0. The van der Waals surface area contributed by atoms with Crippen LogP contribution < -0.4 is 5.32 Å². The molecule has 0 fully saturated rings. The number of rotatable bonds is 20. The van der Waals surface area contributed by atoms with Crippen molar-refractivity contribution >= 4 is 39.7 Å². The molecule has 0 bridgehead atoms. The molecule has 4 aromatic rings. The van der Waals surface area contributed by atoms with Crippen molar-refractivity contribution < 1.29 is 37.7 Å². The Hall–Kier alpha value is -4.28. The Balaban J connectivity index is 1.30. The maximum Gasteiger partial charge on any atom is 0.339 e. The van der Waals surface area contributed by atoms with E-state index in [0.717, 1.165) is 49.6 Å². The third-order valence-corrected chi connectivity index (χ3v) is 7.78. The normalized spacial score (nSPS) is 12.9. The van der Waals surface area contributed by atoms with Crippen LogP contribution in [0.1, 0.15) is 77.7 Å². The molecule has 4 rings (SSSR count). The lowest BCUT2D eigenvalue weighted by atomic mass is 10.0. The number of amides is 1. The van der Waals surface area contributed by atoms with Crippen LogP contribution in [0.5, 0.6) is 0 Å². The fourth-order valence-electron chi connectivity index (χ4n) is 5.43. The van der Waals surface area contributed by atoms with Crippen LogP contribution >= 0.6 is 0 Å². The Morgan fingerprint density at radius 2 is 1.55 bits per heavy atom. The van der Waals surface area contributed by atoms with Crippen LogP contribution in [0.2, 0.25) is 0 Å². The molecule has 0 unspecified atom stereocenters. The van der Waals surface area contributed by atoms with Crippen molar-refractivity contribution in [2.45, 2.75) is 96.9 Å². The predicted molar refractivity (Wildman–Crippen MR) is 188 cm³/mol. The number of fused-ring (bicyclic) bond motifs is 2. The number of carbonyl (C=O) groups excluding carboxylic acids is 3. The quantitative estimate of drug-likeness (QED) is 0.0787. The molecule has 49 heavy (non-hydrogen) atoms. The van der Waals surface area contributed by atoms with E-state index in [1.54, 1.807) is 27.7 Å². The van der Waals surface area contributed by atoms with E-state index in [-0.39, 0.29) is 13.2 Å². The second kappa shape index (κ2) is 19.0. The number of aryl methyl sites for hydroxylation is 2. The van der Waals surface area contributed by atoms with Crippen molar-refractivity contribution in [2.24, 2.45) is 0 Å². The maximum absolute atomic E-state index is 13.5. The SMILES string of the molecule is CCOC(=O)CO[C@@H](C(=O)OC(C)(C)C)[C@@H](OCCCCCc1nc2ccccc2o1)C(=O)NCCCCCc1ccc2ccccc2c1. The van der Waals surface area contributed by atoms with E-state index in [0.29, 0.717) is 25.3 Å². The zero-order valence-corrected chi connectivity index (χ0v) is 29.2. The summed E-state index contributed by atoms with van der Waals surface area (Å²) in [5.74, 6) is -1.26. The number of hydrogen-bond acceptors (Lipinski definition) is 9. The van der Waals surface area contributed by atoms with Crippen molar-refractivity contribution in [3.8, 4) is 0 Å². The lowest BCUT2D eigenvalue weighted by Gasteiger charge is -2.28. The number of para-hydroxylation sites is 2. The van der Waals surface area contributed by atoms with E-state index in [9.17, 15) is 14.4 Å². The van der Waals surface area contributed by atoms with Gasteiger partial charge in [-0.25, -0.2) is 14.6 Å². The van der Waals surface area contributed by atoms with E-state index in [2.05, 4.69) is 40.6 Å². The van der Waals surface area contributed by atoms with Gasteiger partial charge < -0.3 is 28.7 Å². The molecule has 264 valence electrons. The molecule has 0 aliphatic carbocycles. The first-order valence-corrected chi connectivity index (χ1v) is 17.3. The van der Waals surface area contributed by atoms with Crippen molar-refractivity contribution in [3.63, 3.8) is 0 Å². The van der Waals surface area contributed by atoms with Crippen LogP contribution in [0.3, 0.4) is 0 Å². The van der Waals surface area contributed by atoms with E-state index in [1.807, 2.05) is 36.4 Å². The monoisotopic (exact) mass is 674 g/mol. The topological polar surface area (TPSA) is 126 Å². The molecule has 0 spiro atoms. The van der Waals surface area contributed by atoms with Crippen LogP contribution in [-0.2, 0) is 46.2 Å². The van der Waals surface area contributed by atoms with Crippen molar-refractivity contribution in [1.82, 2.24) is 10.3 Å². The molecule has 10 nitrogen and oxygen atoms in total. The van der Waals surface area contributed by atoms with Gasteiger partial charge in [0.1, 0.15) is 17.7 Å². The molecule has 0 radical (unpaired) electrons. The maximum atomic E-state index is 13.5. The Kier molecular flexibility index (Phi) is 14.6. The minimum Gasteiger partial charge on any atom is -0.464 e. The number of nitrogens with one attached hydrogen (secondary N) is 1. The first kappa shape index (κ1) is 37.5. The van der Waals surface area contributed by atoms with Crippen molar-refractivity contribution in [1.29, 1.82) is 0 Å². The zero-order chi connectivity index (χ0) is 35.1. The molecule has 1 amide bonds. The molecule has 1 heterocycles. The van der Waals surface area contributed by atoms with Gasteiger partial charge in [0.2, 0.25) is 0 Å². The Bertz CT molecular complexity index is 1610. The third-order valence-electron chi connectivity index (χ3n) is 7.78. The minimum atomic E-state index is -1.46. The van der Waals surface area contributed by atoms with Gasteiger partial charge in [-0.2, -0.15) is 0 Å². The molecular formula is C39H50N2O8. The average Bonchev–Trinajstić information content (AvgIpc) is 3.49. The molecule has 10 heteroatoms. The fraction of sp³-hybridized carbons (Fsp3) is 0.487. The van der Waals surface area contributed by atoms with Crippen LogP contribution in [-0.4, -0.2) is 67.0 Å². The molecule has 2 atom stereocenters. The summed E-state index contributed by atoms with van der Waals surface area (Å²) in [6.45, 7) is 7.07. The van der Waals surface area contributed by atoms with Crippen molar-refractivity contribution in [3.05, 3.63) is 78.2 Å². The predicted octanol–water partition coefficient (Wildman–Crippen LogP) is 6.90. The highest BCUT2D eigenvalue weighted by Gasteiger charge is 2.39. The number of hydrogen-bond donors (Lipinski definition) is 1. The second-order valence-corrected chi connectivity index (χ2v) is 13.0. The van der Waals surface area contributed by atoms with E-state index < -0.39 is 42.3 Å². The summed E-state index contributed by atoms with van der Waals surface area (Å²) in [6, 6.07) is 22.5. The summed E-state index contributed by atoms with van der Waals surface area (Å²) in [5, 5.41) is 5.37. The van der Waals surface area contributed by atoms with Gasteiger partial charge >= 0.3 is 11.9 Å². The summed E-state index contributed by atoms with van der Waals surface area (Å²) in [7, 11) is 0. The fourth-order valence-corrected chi connectivity index (χ4v) is 5.43. The number of unbranched alkanes of at least 4 members (excludes halogenated alkanes) is 4. The molecule has 3 aromatic carbocycles. The number of esters is 2. The first-order valence-electron chi connectivity index (χ1n) is 17.3. The molecule has 1 N–H and O–H groups in total. The van der Waals surface area contributed by atoms with Gasteiger partial charge in [-0.1, -0.05) is 67.4 Å². The van der Waals surface area contributed by atoms with Crippen LogP contribution in [0.4, 0.5) is 0 Å². The smallest absolute Gasteiger partial charge is 0.339 e. The summed E-state index contributed by atoms with van der Waals surface area (Å²) in [5.41, 5.74) is 2.02. The van der Waals surface area contributed by atoms with Gasteiger partial charge in [0.15, 0.2) is 23.7 Å². The number of aromatic nitrogens is 1. The van der Waals surface area contributed by atoms with Gasteiger partial charge in [-0.3, -0.25) is 4.79 Å². The number of nitrogens with zero attached hydrogens (tertiary/aromatic N) is 1. The summed E-state index contributed by atoms with van der Waals surface area (Å²) in [4.78, 5) is 43.5. The van der Waals surface area contributed by atoms with Crippen LogP contribution in [0.15, 0.2) is 71.1 Å². The zero-order valence-electron chi connectivity index (χ0n) is 29.2. The van der Waals surface area contributed by atoms with E-state index >= 15 is 0 Å². The molecule has 1 aromatic heterocycles. The highest BCUT2D eigenvalue weighted by atomic mass is 16.6. The Labute approximate surface area is 288 Å². The number of ether oxygens (including phenoxy) is 4. The lowest BCUT2D eigenvalue weighted by Crippen LogP contribution is -2.51. The Morgan fingerprint density at radius 1 is 0.816 bits per heavy atom. The average molecular weight is 675 g/mol. The summed E-state index contributed by atoms with van der Waals surface area (Å²) < 4.78 is 28.1. The van der Waals surface area contributed by atoms with E-state index in [1.165, 1.54) is 16.3 Å². The summed E-state index contributed by atoms with van der Waals surface area (Å²) >= 11 is 0. The van der Waals surface area contributed by atoms with Gasteiger partial charge in [0.05, 0.1) is 6.61 Å². The molecule has 0 aliphatic rings. The molecule has 0 saturated carbocycles. The largest absolute Gasteiger partial charge is 0.464 e. The molecule has 0 saturated heterocycles. The highest BCUT2D eigenvalue weighted by Crippen LogP contribution is 2.19. The highest BCUT2D eigenvalue weighted by molar-refractivity contribution is 5.89. The lowest BCUT2D eigenvalue weighted by molar-refractivity contribution is -0.185. The van der Waals surface area contributed by atoms with Gasteiger partial charge in [-0.05, 0) is 88.3 Å². The number of oxazole rings is 1. The summed E-state index contributed by atoms with van der Waals surface area (Å²) in [6.07, 6.45) is 3.68. The Morgan fingerprint density at radius 3 is 2.33 bits per heavy atom.